The molecule has 3 N–H and O–H groups in total. The summed E-state index contributed by atoms with van der Waals surface area (Å²) >= 11 is 1.53. The van der Waals surface area contributed by atoms with Crippen LogP contribution in [-0.4, -0.2) is 28.3 Å². The molecule has 112 valence electrons. The first-order valence-electron chi connectivity index (χ1n) is 6.69. The smallest absolute Gasteiger partial charge is 0.222 e. The molecule has 0 radical (unpaired) electrons. The van der Waals surface area contributed by atoms with Crippen LogP contribution >= 0.6 is 11.3 Å². The van der Waals surface area contributed by atoms with Crippen LogP contribution in [0.4, 0.5) is 0 Å². The molecule has 2 heterocycles. The molecule has 2 rings (SSSR count). The molecular formula is C14H18N4O2S. The van der Waals surface area contributed by atoms with Crippen LogP contribution in [-0.2, 0) is 16.0 Å². The minimum atomic E-state index is -0.269. The molecule has 7 heteroatoms. The first-order chi connectivity index (χ1) is 10.1. The van der Waals surface area contributed by atoms with E-state index < -0.39 is 0 Å². The zero-order valence-electron chi connectivity index (χ0n) is 11.8. The van der Waals surface area contributed by atoms with Gasteiger partial charge in [-0.15, -0.1) is 11.3 Å². The third kappa shape index (κ3) is 5.03. The molecule has 0 aliphatic carbocycles. The molecule has 2 aromatic heterocycles. The van der Waals surface area contributed by atoms with Crippen LogP contribution in [0.2, 0.25) is 0 Å². The molecule has 0 aliphatic rings. The monoisotopic (exact) mass is 306 g/mol. The predicted molar refractivity (Wildman–Crippen MR) is 80.8 cm³/mol. The number of nitrogens with one attached hydrogen (secondary N) is 3. The Hall–Kier alpha value is -2.15. The lowest BCUT2D eigenvalue weighted by atomic mass is 10.1. The zero-order chi connectivity index (χ0) is 15.1. The van der Waals surface area contributed by atoms with Gasteiger partial charge >= 0.3 is 0 Å². The van der Waals surface area contributed by atoms with Crippen LogP contribution in [0.25, 0.3) is 0 Å². The van der Waals surface area contributed by atoms with Crippen molar-refractivity contribution < 1.29 is 9.59 Å². The predicted octanol–water partition coefficient (Wildman–Crippen LogP) is 1.40. The Balaban J connectivity index is 1.81. The van der Waals surface area contributed by atoms with Crippen LogP contribution in [0.15, 0.2) is 30.0 Å². The van der Waals surface area contributed by atoms with Gasteiger partial charge in [-0.25, -0.2) is 4.98 Å². The third-order valence-electron chi connectivity index (χ3n) is 2.92. The van der Waals surface area contributed by atoms with E-state index in [1.54, 1.807) is 12.5 Å². The molecule has 2 aromatic rings. The lowest BCUT2D eigenvalue weighted by Gasteiger charge is -2.16. The number of imidazole rings is 1. The Labute approximate surface area is 127 Å². The molecule has 0 aliphatic heterocycles. The molecule has 0 spiro atoms. The van der Waals surface area contributed by atoms with Crippen molar-refractivity contribution in [3.8, 4) is 0 Å². The number of aromatic amines is 1. The van der Waals surface area contributed by atoms with Crippen molar-refractivity contribution in [3.05, 3.63) is 40.6 Å². The third-order valence-corrected chi connectivity index (χ3v) is 3.91. The highest BCUT2D eigenvalue weighted by Crippen LogP contribution is 2.21. The van der Waals surface area contributed by atoms with Gasteiger partial charge in [0.1, 0.15) is 0 Å². The fourth-order valence-electron chi connectivity index (χ4n) is 1.97. The molecule has 1 unspecified atom stereocenters. The van der Waals surface area contributed by atoms with E-state index in [0.29, 0.717) is 13.0 Å². The van der Waals surface area contributed by atoms with Crippen LogP contribution in [0.3, 0.4) is 0 Å². The summed E-state index contributed by atoms with van der Waals surface area (Å²) in [5, 5.41) is 7.60. The fraction of sp³-hybridized carbons (Fsp3) is 0.357. The highest BCUT2D eigenvalue weighted by atomic mass is 32.1. The van der Waals surface area contributed by atoms with Crippen LogP contribution in [0, 0.1) is 0 Å². The van der Waals surface area contributed by atoms with Gasteiger partial charge in [0.05, 0.1) is 18.8 Å². The summed E-state index contributed by atoms with van der Waals surface area (Å²) in [5.41, 5.74) is 0.979. The second kappa shape index (κ2) is 7.58. The zero-order valence-corrected chi connectivity index (χ0v) is 12.6. The second-order valence-corrected chi connectivity index (χ2v) is 5.63. The van der Waals surface area contributed by atoms with Crippen molar-refractivity contribution in [3.63, 3.8) is 0 Å². The Morgan fingerprint density at radius 2 is 2.33 bits per heavy atom. The summed E-state index contributed by atoms with van der Waals surface area (Å²) in [7, 11) is 0. The minimum Gasteiger partial charge on any atom is -0.356 e. The summed E-state index contributed by atoms with van der Waals surface area (Å²) in [5.74, 6) is -0.222. The summed E-state index contributed by atoms with van der Waals surface area (Å²) in [6.45, 7) is 2.00. The highest BCUT2D eigenvalue weighted by Gasteiger charge is 2.17. The number of amides is 2. The minimum absolute atomic E-state index is 0.0818. The van der Waals surface area contributed by atoms with Gasteiger partial charge in [0.2, 0.25) is 11.8 Å². The van der Waals surface area contributed by atoms with E-state index in [4.69, 9.17) is 0 Å². The Morgan fingerprint density at radius 1 is 1.48 bits per heavy atom. The van der Waals surface area contributed by atoms with Gasteiger partial charge < -0.3 is 15.6 Å². The molecule has 2 amide bonds. The standard InChI is InChI=1S/C14H18N4O2S/c1-10(19)18-12(13-3-2-6-21-13)7-14(20)16-5-4-11-8-15-9-17-11/h2-3,6,8-9,12H,4-5,7H2,1H3,(H,15,17)(H,16,20)(H,18,19). The van der Waals surface area contributed by atoms with Crippen molar-refractivity contribution >= 4 is 23.2 Å². The molecule has 0 fully saturated rings. The lowest BCUT2D eigenvalue weighted by Crippen LogP contribution is -2.33. The average Bonchev–Trinajstić information content (AvgIpc) is 3.10. The van der Waals surface area contributed by atoms with Crippen molar-refractivity contribution in [2.24, 2.45) is 0 Å². The normalized spacial score (nSPS) is 11.9. The maximum absolute atomic E-state index is 12.0. The fourth-order valence-corrected chi connectivity index (χ4v) is 2.75. The number of rotatable bonds is 7. The summed E-state index contributed by atoms with van der Waals surface area (Å²) in [4.78, 5) is 31.1. The molecule has 0 saturated carbocycles. The number of carbonyl (C=O) groups is 2. The van der Waals surface area contributed by atoms with Gasteiger partial charge in [-0.05, 0) is 11.4 Å². The maximum atomic E-state index is 12.0. The molecular weight excluding hydrogens is 288 g/mol. The van der Waals surface area contributed by atoms with Gasteiger partial charge in [0.25, 0.3) is 0 Å². The van der Waals surface area contributed by atoms with Crippen molar-refractivity contribution in [2.75, 3.05) is 6.54 Å². The molecule has 6 nitrogen and oxygen atoms in total. The first kappa shape index (κ1) is 15.2. The van der Waals surface area contributed by atoms with E-state index in [-0.39, 0.29) is 24.3 Å². The first-order valence-corrected chi connectivity index (χ1v) is 7.57. The SMILES string of the molecule is CC(=O)NC(CC(=O)NCCc1cnc[nH]1)c1cccs1. The lowest BCUT2D eigenvalue weighted by molar-refractivity contribution is -0.122. The van der Waals surface area contributed by atoms with Gasteiger partial charge in [-0.1, -0.05) is 6.07 Å². The number of thiophene rings is 1. The van der Waals surface area contributed by atoms with Crippen LogP contribution in [0.1, 0.15) is 30.0 Å². The van der Waals surface area contributed by atoms with Gasteiger partial charge in [0.15, 0.2) is 0 Å². The van der Waals surface area contributed by atoms with E-state index >= 15 is 0 Å². The molecule has 0 bridgehead atoms. The Kier molecular flexibility index (Phi) is 5.51. The number of hydrogen-bond donors (Lipinski definition) is 3. The van der Waals surface area contributed by atoms with E-state index in [1.807, 2.05) is 17.5 Å². The van der Waals surface area contributed by atoms with Crippen LogP contribution in [0.5, 0.6) is 0 Å². The molecule has 1 atom stereocenters. The second-order valence-electron chi connectivity index (χ2n) is 4.65. The van der Waals surface area contributed by atoms with Gasteiger partial charge in [-0.3, -0.25) is 9.59 Å². The van der Waals surface area contributed by atoms with E-state index in [0.717, 1.165) is 10.6 Å². The topological polar surface area (TPSA) is 86.9 Å². The number of H-pyrrole nitrogens is 1. The number of aromatic nitrogens is 2. The van der Waals surface area contributed by atoms with E-state index in [1.165, 1.54) is 18.3 Å². The van der Waals surface area contributed by atoms with Crippen molar-refractivity contribution in [2.45, 2.75) is 25.8 Å². The summed E-state index contributed by atoms with van der Waals surface area (Å²) < 4.78 is 0. The highest BCUT2D eigenvalue weighted by molar-refractivity contribution is 7.10. The number of nitrogens with zero attached hydrogens (tertiary/aromatic N) is 1. The largest absolute Gasteiger partial charge is 0.356 e. The maximum Gasteiger partial charge on any atom is 0.222 e. The average molecular weight is 306 g/mol. The van der Waals surface area contributed by atoms with E-state index in [9.17, 15) is 9.59 Å². The summed E-state index contributed by atoms with van der Waals surface area (Å²) in [6, 6.07) is 3.56. The summed E-state index contributed by atoms with van der Waals surface area (Å²) in [6.07, 6.45) is 4.29. The Morgan fingerprint density at radius 3 is 2.95 bits per heavy atom. The van der Waals surface area contributed by atoms with Gasteiger partial charge in [-0.2, -0.15) is 0 Å². The van der Waals surface area contributed by atoms with Crippen LogP contribution < -0.4 is 10.6 Å². The number of hydrogen-bond acceptors (Lipinski definition) is 4. The van der Waals surface area contributed by atoms with Gasteiger partial charge in [0, 0.05) is 36.7 Å². The Bertz CT molecular complexity index is 566. The van der Waals surface area contributed by atoms with Crippen molar-refractivity contribution in [1.82, 2.24) is 20.6 Å². The van der Waals surface area contributed by atoms with Crippen molar-refractivity contribution in [1.29, 1.82) is 0 Å². The van der Waals surface area contributed by atoms with E-state index in [2.05, 4.69) is 20.6 Å². The molecule has 0 saturated heterocycles. The molecule has 0 aromatic carbocycles. The number of carbonyl (C=O) groups excluding carboxylic acids is 2. The quantitative estimate of drug-likeness (QED) is 0.722. The molecule has 21 heavy (non-hydrogen) atoms.